The Morgan fingerprint density at radius 2 is 2.22 bits per heavy atom. The van der Waals surface area contributed by atoms with Crippen LogP contribution in [0, 0.1) is 5.92 Å². The number of amides is 2. The van der Waals surface area contributed by atoms with Gasteiger partial charge in [0.05, 0.1) is 6.54 Å². The number of piperazine rings is 1. The minimum atomic E-state index is -0.235. The van der Waals surface area contributed by atoms with Gasteiger partial charge in [-0.25, -0.2) is 0 Å². The Bertz CT molecular complexity index is 375. The largest absolute Gasteiger partial charge is 0.342 e. The third-order valence-corrected chi connectivity index (χ3v) is 5.67. The van der Waals surface area contributed by atoms with Gasteiger partial charge in [0.1, 0.15) is 6.04 Å². The van der Waals surface area contributed by atoms with Crippen molar-refractivity contribution >= 4 is 23.6 Å². The van der Waals surface area contributed by atoms with E-state index in [4.69, 9.17) is 0 Å². The highest BCUT2D eigenvalue weighted by Crippen LogP contribution is 2.39. The maximum Gasteiger partial charge on any atom is 0.245 e. The molecule has 5 heteroatoms. The van der Waals surface area contributed by atoms with Gasteiger partial charge in [-0.2, -0.15) is 11.8 Å². The molecular formula is C13H20N2O2S. The lowest BCUT2D eigenvalue weighted by atomic mass is 10.0. The number of hydrogen-bond acceptors (Lipinski definition) is 3. The Hall–Kier alpha value is -0.710. The molecule has 2 atom stereocenters. The van der Waals surface area contributed by atoms with Crippen LogP contribution < -0.4 is 5.32 Å². The van der Waals surface area contributed by atoms with Gasteiger partial charge in [-0.15, -0.1) is 0 Å². The number of nitrogens with zero attached hydrogens (tertiary/aromatic N) is 1. The molecule has 100 valence electrons. The van der Waals surface area contributed by atoms with E-state index < -0.39 is 0 Å². The Labute approximate surface area is 112 Å². The summed E-state index contributed by atoms with van der Waals surface area (Å²) < 4.78 is 0.154. The van der Waals surface area contributed by atoms with Crippen molar-refractivity contribution < 1.29 is 9.59 Å². The molecule has 0 spiro atoms. The van der Waals surface area contributed by atoms with Crippen molar-refractivity contribution in [3.63, 3.8) is 0 Å². The van der Waals surface area contributed by atoms with Gasteiger partial charge in [0.2, 0.25) is 11.8 Å². The third-order valence-electron chi connectivity index (χ3n) is 4.15. The van der Waals surface area contributed by atoms with Crippen LogP contribution in [0.2, 0.25) is 0 Å². The first-order chi connectivity index (χ1) is 8.57. The van der Waals surface area contributed by atoms with E-state index in [0.29, 0.717) is 5.92 Å². The van der Waals surface area contributed by atoms with Crippen molar-refractivity contribution in [2.24, 2.45) is 5.92 Å². The van der Waals surface area contributed by atoms with Crippen molar-refractivity contribution in [3.05, 3.63) is 0 Å². The fourth-order valence-electron chi connectivity index (χ4n) is 2.98. The number of hydrogen-bond donors (Lipinski definition) is 1. The lowest BCUT2D eigenvalue weighted by Crippen LogP contribution is -2.60. The van der Waals surface area contributed by atoms with Crippen molar-refractivity contribution in [3.8, 4) is 0 Å². The van der Waals surface area contributed by atoms with E-state index in [1.54, 1.807) is 4.90 Å². The predicted octanol–water partition coefficient (Wildman–Crippen LogP) is 1.01. The molecule has 0 aromatic heterocycles. The van der Waals surface area contributed by atoms with Gasteiger partial charge in [0.25, 0.3) is 0 Å². The van der Waals surface area contributed by atoms with Crippen LogP contribution in [0.1, 0.15) is 32.6 Å². The Morgan fingerprint density at radius 1 is 1.44 bits per heavy atom. The Morgan fingerprint density at radius 3 is 2.83 bits per heavy atom. The molecular weight excluding hydrogens is 248 g/mol. The van der Waals surface area contributed by atoms with Crippen LogP contribution in [0.5, 0.6) is 0 Å². The van der Waals surface area contributed by atoms with Gasteiger partial charge in [-0.05, 0) is 44.3 Å². The highest BCUT2D eigenvalue weighted by Gasteiger charge is 2.44. The number of carbonyl (C=O) groups is 2. The summed E-state index contributed by atoms with van der Waals surface area (Å²) >= 11 is 1.94. The van der Waals surface area contributed by atoms with Crippen LogP contribution in [0.4, 0.5) is 0 Å². The topological polar surface area (TPSA) is 49.4 Å². The van der Waals surface area contributed by atoms with Gasteiger partial charge >= 0.3 is 0 Å². The van der Waals surface area contributed by atoms with Crippen LogP contribution >= 0.6 is 11.8 Å². The van der Waals surface area contributed by atoms with E-state index in [1.165, 1.54) is 12.2 Å². The summed E-state index contributed by atoms with van der Waals surface area (Å²) in [6.07, 6.45) is 4.53. The van der Waals surface area contributed by atoms with Crippen molar-refractivity contribution in [1.29, 1.82) is 0 Å². The van der Waals surface area contributed by atoms with E-state index in [1.807, 2.05) is 11.8 Å². The summed E-state index contributed by atoms with van der Waals surface area (Å²) in [5.74, 6) is 1.73. The maximum absolute atomic E-state index is 12.4. The molecule has 4 nitrogen and oxygen atoms in total. The molecule has 1 N–H and O–H groups in total. The van der Waals surface area contributed by atoms with Gasteiger partial charge in [-0.3, -0.25) is 9.59 Å². The predicted molar refractivity (Wildman–Crippen MR) is 71.3 cm³/mol. The lowest BCUT2D eigenvalue weighted by molar-refractivity contribution is -0.145. The summed E-state index contributed by atoms with van der Waals surface area (Å²) in [7, 11) is 0. The molecule has 3 rings (SSSR count). The first-order valence-corrected chi connectivity index (χ1v) is 7.78. The normalized spacial score (nSPS) is 36.9. The lowest BCUT2D eigenvalue weighted by Gasteiger charge is -2.37. The molecule has 1 aliphatic carbocycles. The molecule has 3 aliphatic rings. The number of rotatable bonds is 3. The second kappa shape index (κ2) is 4.44. The number of nitrogens with one attached hydrogen (secondary N) is 1. The zero-order chi connectivity index (χ0) is 12.8. The van der Waals surface area contributed by atoms with Crippen molar-refractivity contribution in [2.45, 2.75) is 43.4 Å². The van der Waals surface area contributed by atoms with Crippen LogP contribution in [-0.2, 0) is 9.59 Å². The quantitative estimate of drug-likeness (QED) is 0.831. The summed E-state index contributed by atoms with van der Waals surface area (Å²) in [4.78, 5) is 25.9. The molecule has 0 aromatic carbocycles. The third kappa shape index (κ3) is 2.37. The first-order valence-electron chi connectivity index (χ1n) is 6.79. The molecule has 2 heterocycles. The van der Waals surface area contributed by atoms with Crippen molar-refractivity contribution in [2.75, 3.05) is 18.8 Å². The fraction of sp³-hybridized carbons (Fsp3) is 0.846. The minimum absolute atomic E-state index is 0.0121. The highest BCUT2D eigenvalue weighted by molar-refractivity contribution is 8.00. The van der Waals surface area contributed by atoms with Crippen molar-refractivity contribution in [1.82, 2.24) is 10.2 Å². The zero-order valence-corrected chi connectivity index (χ0v) is 11.6. The molecule has 2 aliphatic heterocycles. The molecule has 1 saturated carbocycles. The summed E-state index contributed by atoms with van der Waals surface area (Å²) in [5, 5.41) is 2.86. The van der Waals surface area contributed by atoms with Crippen LogP contribution in [-0.4, -0.2) is 46.3 Å². The van der Waals surface area contributed by atoms with Crippen LogP contribution in [0.3, 0.4) is 0 Å². The average molecular weight is 268 g/mol. The number of thioether (sulfide) groups is 1. The second-order valence-corrected chi connectivity index (χ2v) is 7.66. The standard InChI is InChI=1S/C13H20N2O2S/c1-13(5-2-6-18-13)8-15-7-10(16)14-11(12(15)17)9-3-4-9/h9,11H,2-8H2,1H3,(H,14,16). The molecule has 3 fully saturated rings. The SMILES string of the molecule is CC1(CN2CC(=O)NC(C3CC3)C2=O)CCCS1. The monoisotopic (exact) mass is 268 g/mol. The minimum Gasteiger partial charge on any atom is -0.342 e. The Kier molecular flexibility index (Phi) is 3.04. The van der Waals surface area contributed by atoms with Gasteiger partial charge in [0.15, 0.2) is 0 Å². The van der Waals surface area contributed by atoms with Crippen LogP contribution in [0.15, 0.2) is 0 Å². The van der Waals surface area contributed by atoms with E-state index >= 15 is 0 Å². The second-order valence-electron chi connectivity index (χ2n) is 5.98. The molecule has 18 heavy (non-hydrogen) atoms. The van der Waals surface area contributed by atoms with Gasteiger partial charge in [-0.1, -0.05) is 0 Å². The van der Waals surface area contributed by atoms with Crippen LogP contribution in [0.25, 0.3) is 0 Å². The number of carbonyl (C=O) groups excluding carboxylic acids is 2. The highest BCUT2D eigenvalue weighted by atomic mass is 32.2. The fourth-order valence-corrected chi connectivity index (χ4v) is 4.29. The van der Waals surface area contributed by atoms with E-state index in [2.05, 4.69) is 12.2 Å². The van der Waals surface area contributed by atoms with E-state index in [-0.39, 0.29) is 29.1 Å². The molecule has 0 aromatic rings. The molecule has 2 amide bonds. The summed E-state index contributed by atoms with van der Waals surface area (Å²) in [5.41, 5.74) is 0. The summed E-state index contributed by atoms with van der Waals surface area (Å²) in [6, 6.07) is -0.235. The zero-order valence-electron chi connectivity index (χ0n) is 10.8. The molecule has 0 bridgehead atoms. The Balaban J connectivity index is 1.69. The average Bonchev–Trinajstić information content (AvgIpc) is 3.07. The molecule has 0 radical (unpaired) electrons. The summed E-state index contributed by atoms with van der Waals surface area (Å²) in [6.45, 7) is 3.20. The smallest absolute Gasteiger partial charge is 0.245 e. The molecule has 2 saturated heterocycles. The molecule has 2 unspecified atom stereocenters. The van der Waals surface area contributed by atoms with E-state index in [0.717, 1.165) is 25.8 Å². The first kappa shape index (κ1) is 12.3. The van der Waals surface area contributed by atoms with E-state index in [9.17, 15) is 9.59 Å². The van der Waals surface area contributed by atoms with Gasteiger partial charge < -0.3 is 10.2 Å². The van der Waals surface area contributed by atoms with Gasteiger partial charge in [0, 0.05) is 11.3 Å². The maximum atomic E-state index is 12.4.